The summed E-state index contributed by atoms with van der Waals surface area (Å²) in [4.78, 5) is 2.64. The van der Waals surface area contributed by atoms with Crippen molar-refractivity contribution in [3.63, 3.8) is 0 Å². The van der Waals surface area contributed by atoms with E-state index in [-0.39, 0.29) is 0 Å². The van der Waals surface area contributed by atoms with Gasteiger partial charge in [-0.25, -0.2) is 0 Å². The highest BCUT2D eigenvalue weighted by Gasteiger charge is 2.15. The zero-order valence-corrected chi connectivity index (χ0v) is 13.5. The van der Waals surface area contributed by atoms with Gasteiger partial charge in [0.2, 0.25) is 0 Å². The number of morpholine rings is 1. The molecule has 3 heteroatoms. The molecule has 1 unspecified atom stereocenters. The van der Waals surface area contributed by atoms with Crippen molar-refractivity contribution >= 4 is 0 Å². The third-order valence-corrected chi connectivity index (χ3v) is 3.82. The Morgan fingerprint density at radius 3 is 2.16 bits per heavy atom. The van der Waals surface area contributed by atoms with E-state index in [1.807, 2.05) is 0 Å². The van der Waals surface area contributed by atoms with Crippen LogP contribution in [0.15, 0.2) is 0 Å². The molecule has 0 saturated carbocycles. The Balaban J connectivity index is 2.25. The summed E-state index contributed by atoms with van der Waals surface area (Å²) in [6.45, 7) is 15.8. The first kappa shape index (κ1) is 16.9. The Labute approximate surface area is 120 Å². The van der Waals surface area contributed by atoms with Crippen molar-refractivity contribution in [2.45, 2.75) is 53.1 Å². The minimum atomic E-state index is 0.425. The average molecular weight is 270 g/mol. The highest BCUT2D eigenvalue weighted by molar-refractivity contribution is 4.70. The minimum Gasteiger partial charge on any atom is -0.376 e. The fraction of sp³-hybridized carbons (Fsp3) is 1.00. The second-order valence-corrected chi connectivity index (χ2v) is 6.69. The molecule has 1 rings (SSSR count). The van der Waals surface area contributed by atoms with Crippen molar-refractivity contribution in [2.75, 3.05) is 39.3 Å². The molecule has 1 aliphatic heterocycles. The molecule has 0 amide bonds. The Bertz CT molecular complexity index is 201. The van der Waals surface area contributed by atoms with Crippen molar-refractivity contribution in [2.24, 2.45) is 11.8 Å². The lowest BCUT2D eigenvalue weighted by Crippen LogP contribution is -2.41. The molecule has 0 aliphatic carbocycles. The van der Waals surface area contributed by atoms with Gasteiger partial charge in [0, 0.05) is 19.6 Å². The van der Waals surface area contributed by atoms with Crippen molar-refractivity contribution in [1.29, 1.82) is 0 Å². The van der Waals surface area contributed by atoms with Crippen LogP contribution in [0.4, 0.5) is 0 Å². The summed E-state index contributed by atoms with van der Waals surface area (Å²) < 4.78 is 5.79. The lowest BCUT2D eigenvalue weighted by molar-refractivity contribution is 0.0169. The summed E-state index contributed by atoms with van der Waals surface area (Å²) in [5.41, 5.74) is 0. The summed E-state index contributed by atoms with van der Waals surface area (Å²) in [7, 11) is 0. The molecule has 0 aromatic rings. The third-order valence-electron chi connectivity index (χ3n) is 3.82. The van der Waals surface area contributed by atoms with Crippen LogP contribution in [-0.2, 0) is 4.74 Å². The maximum absolute atomic E-state index is 5.79. The Kier molecular flexibility index (Phi) is 8.67. The van der Waals surface area contributed by atoms with Gasteiger partial charge < -0.3 is 15.0 Å². The molecule has 1 heterocycles. The average Bonchev–Trinajstić information content (AvgIpc) is 2.38. The predicted molar refractivity (Wildman–Crippen MR) is 82.6 cm³/mol. The van der Waals surface area contributed by atoms with E-state index in [0.29, 0.717) is 6.10 Å². The van der Waals surface area contributed by atoms with Crippen molar-refractivity contribution < 1.29 is 4.74 Å². The van der Waals surface area contributed by atoms with Crippen LogP contribution >= 0.6 is 0 Å². The third kappa shape index (κ3) is 8.61. The summed E-state index contributed by atoms with van der Waals surface area (Å²) in [5.74, 6) is 1.60. The van der Waals surface area contributed by atoms with Gasteiger partial charge in [0.05, 0.1) is 12.7 Å². The molecule has 1 fully saturated rings. The van der Waals surface area contributed by atoms with Gasteiger partial charge in [-0.15, -0.1) is 0 Å². The number of hydrogen-bond acceptors (Lipinski definition) is 3. The molecule has 1 atom stereocenters. The fourth-order valence-corrected chi connectivity index (χ4v) is 2.35. The van der Waals surface area contributed by atoms with E-state index in [2.05, 4.69) is 37.9 Å². The number of nitrogens with one attached hydrogen (secondary N) is 1. The second-order valence-electron chi connectivity index (χ2n) is 6.69. The summed E-state index contributed by atoms with van der Waals surface area (Å²) in [6, 6.07) is 0. The Morgan fingerprint density at radius 2 is 1.68 bits per heavy atom. The zero-order chi connectivity index (χ0) is 14.1. The SMILES string of the molecule is CC(C)CCN(CCC(C)C)CCC1CNCCO1. The maximum Gasteiger partial charge on any atom is 0.0712 e. The molecule has 0 aromatic heterocycles. The van der Waals surface area contributed by atoms with Crippen LogP contribution in [0.3, 0.4) is 0 Å². The molecule has 1 saturated heterocycles. The molecule has 0 spiro atoms. The van der Waals surface area contributed by atoms with Crippen molar-refractivity contribution in [3.8, 4) is 0 Å². The van der Waals surface area contributed by atoms with E-state index in [4.69, 9.17) is 4.74 Å². The monoisotopic (exact) mass is 270 g/mol. The van der Waals surface area contributed by atoms with Crippen LogP contribution in [-0.4, -0.2) is 50.3 Å². The van der Waals surface area contributed by atoms with E-state index >= 15 is 0 Å². The van der Waals surface area contributed by atoms with Crippen LogP contribution in [0, 0.1) is 11.8 Å². The molecule has 1 N–H and O–H groups in total. The minimum absolute atomic E-state index is 0.425. The number of ether oxygens (including phenoxy) is 1. The molecule has 19 heavy (non-hydrogen) atoms. The fourth-order valence-electron chi connectivity index (χ4n) is 2.35. The Hall–Kier alpha value is -0.120. The molecule has 3 nitrogen and oxygen atoms in total. The standard InChI is InChI=1S/C16H34N2O/c1-14(2)5-9-18(10-6-15(3)4)11-7-16-13-17-8-12-19-16/h14-17H,5-13H2,1-4H3. The van der Waals surface area contributed by atoms with Crippen LogP contribution < -0.4 is 5.32 Å². The molecule has 114 valence electrons. The molecule has 1 aliphatic rings. The van der Waals surface area contributed by atoms with Gasteiger partial charge in [-0.1, -0.05) is 27.7 Å². The van der Waals surface area contributed by atoms with Crippen LogP contribution in [0.1, 0.15) is 47.0 Å². The maximum atomic E-state index is 5.79. The molecule has 0 radical (unpaired) electrons. The van der Waals surface area contributed by atoms with E-state index in [9.17, 15) is 0 Å². The normalized spacial score (nSPS) is 20.7. The van der Waals surface area contributed by atoms with Gasteiger partial charge in [-0.2, -0.15) is 0 Å². The van der Waals surface area contributed by atoms with Gasteiger partial charge in [0.1, 0.15) is 0 Å². The predicted octanol–water partition coefficient (Wildman–Crippen LogP) is 2.76. The van der Waals surface area contributed by atoms with Crippen LogP contribution in [0.2, 0.25) is 0 Å². The zero-order valence-electron chi connectivity index (χ0n) is 13.5. The van der Waals surface area contributed by atoms with E-state index in [1.165, 1.54) is 38.9 Å². The molecular weight excluding hydrogens is 236 g/mol. The highest BCUT2D eigenvalue weighted by atomic mass is 16.5. The first-order chi connectivity index (χ1) is 9.08. The highest BCUT2D eigenvalue weighted by Crippen LogP contribution is 2.09. The first-order valence-corrected chi connectivity index (χ1v) is 8.12. The Morgan fingerprint density at radius 1 is 1.05 bits per heavy atom. The van der Waals surface area contributed by atoms with E-state index in [0.717, 1.165) is 31.5 Å². The van der Waals surface area contributed by atoms with Crippen molar-refractivity contribution in [3.05, 3.63) is 0 Å². The van der Waals surface area contributed by atoms with Gasteiger partial charge >= 0.3 is 0 Å². The van der Waals surface area contributed by atoms with Gasteiger partial charge in [0.15, 0.2) is 0 Å². The quantitative estimate of drug-likeness (QED) is 0.697. The van der Waals surface area contributed by atoms with E-state index in [1.54, 1.807) is 0 Å². The molecule has 0 bridgehead atoms. The molecule has 0 aromatic carbocycles. The summed E-state index contributed by atoms with van der Waals surface area (Å²) >= 11 is 0. The lowest BCUT2D eigenvalue weighted by atomic mass is 10.1. The molecular formula is C16H34N2O. The second kappa shape index (κ2) is 9.73. The van der Waals surface area contributed by atoms with Gasteiger partial charge in [0.25, 0.3) is 0 Å². The van der Waals surface area contributed by atoms with E-state index < -0.39 is 0 Å². The van der Waals surface area contributed by atoms with Gasteiger partial charge in [-0.05, 0) is 44.2 Å². The van der Waals surface area contributed by atoms with Crippen LogP contribution in [0.25, 0.3) is 0 Å². The van der Waals surface area contributed by atoms with Gasteiger partial charge in [-0.3, -0.25) is 0 Å². The lowest BCUT2D eigenvalue weighted by Gasteiger charge is -2.28. The smallest absolute Gasteiger partial charge is 0.0712 e. The topological polar surface area (TPSA) is 24.5 Å². The largest absolute Gasteiger partial charge is 0.376 e. The number of hydrogen-bond donors (Lipinski definition) is 1. The number of nitrogens with zero attached hydrogens (tertiary/aromatic N) is 1. The van der Waals surface area contributed by atoms with Crippen LogP contribution in [0.5, 0.6) is 0 Å². The number of rotatable bonds is 9. The van der Waals surface area contributed by atoms with Crippen molar-refractivity contribution in [1.82, 2.24) is 10.2 Å². The first-order valence-electron chi connectivity index (χ1n) is 8.12. The summed E-state index contributed by atoms with van der Waals surface area (Å²) in [6.07, 6.45) is 4.21. The summed E-state index contributed by atoms with van der Waals surface area (Å²) in [5, 5.41) is 3.42.